The van der Waals surface area contributed by atoms with Gasteiger partial charge in [-0.3, -0.25) is 0 Å². The molecule has 0 unspecified atom stereocenters. The van der Waals surface area contributed by atoms with Crippen LogP contribution in [0.15, 0.2) is 17.3 Å². The highest BCUT2D eigenvalue weighted by Gasteiger charge is 2.22. The Kier molecular flexibility index (Phi) is 3.29. The lowest BCUT2D eigenvalue weighted by molar-refractivity contribution is 0.301. The monoisotopic (exact) mass is 167 g/mol. The quantitative estimate of drug-likeness (QED) is 0.364. The van der Waals surface area contributed by atoms with Gasteiger partial charge in [0.1, 0.15) is 0 Å². The summed E-state index contributed by atoms with van der Waals surface area (Å²) in [7, 11) is 0. The number of hydrazone groups is 1. The van der Waals surface area contributed by atoms with Crippen molar-refractivity contribution < 1.29 is 0 Å². The molecular weight excluding hydrogens is 150 g/mol. The molecule has 1 fully saturated rings. The first-order valence-corrected chi connectivity index (χ1v) is 4.39. The van der Waals surface area contributed by atoms with Gasteiger partial charge in [0.2, 0.25) is 0 Å². The lowest BCUT2D eigenvalue weighted by Crippen LogP contribution is -2.33. The third kappa shape index (κ3) is 2.66. The Hall–Kier alpha value is -0.830. The molecule has 0 spiro atoms. The zero-order chi connectivity index (χ0) is 8.86. The van der Waals surface area contributed by atoms with Gasteiger partial charge in [-0.25, -0.2) is 0 Å². The molecule has 0 aromatic heterocycles. The van der Waals surface area contributed by atoms with Gasteiger partial charge in [0.15, 0.2) is 0 Å². The van der Waals surface area contributed by atoms with Crippen LogP contribution in [0.1, 0.15) is 19.8 Å². The lowest BCUT2D eigenvalue weighted by atomic mass is 9.81. The topological polar surface area (TPSA) is 50.4 Å². The van der Waals surface area contributed by atoms with Crippen LogP contribution in [-0.4, -0.2) is 19.3 Å². The average molecular weight is 167 g/mol. The molecule has 0 aromatic rings. The van der Waals surface area contributed by atoms with Crippen LogP contribution < -0.4 is 11.2 Å². The highest BCUT2D eigenvalue weighted by Crippen LogP contribution is 2.28. The summed E-state index contributed by atoms with van der Waals surface area (Å²) in [6, 6.07) is 0. The van der Waals surface area contributed by atoms with E-state index in [1.807, 2.05) is 6.08 Å². The zero-order valence-electron chi connectivity index (χ0n) is 7.59. The molecular formula is C9H17N3. The SMILES string of the molecule is CC1(/C=C/C=N\N)CCNCC1. The highest BCUT2D eigenvalue weighted by molar-refractivity contribution is 5.70. The Morgan fingerprint density at radius 1 is 1.42 bits per heavy atom. The molecule has 1 rings (SSSR count). The Morgan fingerprint density at radius 2 is 2.08 bits per heavy atom. The van der Waals surface area contributed by atoms with E-state index in [1.165, 1.54) is 12.8 Å². The smallest absolute Gasteiger partial charge is 0.0462 e. The molecule has 0 aromatic carbocycles. The van der Waals surface area contributed by atoms with Crippen LogP contribution >= 0.6 is 0 Å². The van der Waals surface area contributed by atoms with Crippen molar-refractivity contribution in [2.24, 2.45) is 16.4 Å². The molecule has 12 heavy (non-hydrogen) atoms. The normalized spacial score (nSPS) is 23.8. The maximum absolute atomic E-state index is 4.99. The number of piperidine rings is 1. The summed E-state index contributed by atoms with van der Waals surface area (Å²) in [6.07, 6.45) is 8.16. The Labute approximate surface area is 73.7 Å². The maximum atomic E-state index is 4.99. The van der Waals surface area contributed by atoms with Crippen LogP contribution in [0, 0.1) is 5.41 Å². The molecule has 68 valence electrons. The highest BCUT2D eigenvalue weighted by atomic mass is 15.1. The van der Waals surface area contributed by atoms with Crippen LogP contribution in [0.5, 0.6) is 0 Å². The number of nitrogens with one attached hydrogen (secondary N) is 1. The van der Waals surface area contributed by atoms with E-state index in [0.717, 1.165) is 13.1 Å². The van der Waals surface area contributed by atoms with Gasteiger partial charge in [-0.1, -0.05) is 13.0 Å². The number of nitrogens with zero attached hydrogens (tertiary/aromatic N) is 1. The van der Waals surface area contributed by atoms with Crippen molar-refractivity contribution in [3.05, 3.63) is 12.2 Å². The van der Waals surface area contributed by atoms with Gasteiger partial charge < -0.3 is 11.2 Å². The number of rotatable bonds is 2. The minimum absolute atomic E-state index is 0.340. The van der Waals surface area contributed by atoms with Gasteiger partial charge in [-0.2, -0.15) is 5.10 Å². The van der Waals surface area contributed by atoms with Crippen molar-refractivity contribution in [1.29, 1.82) is 0 Å². The molecule has 0 atom stereocenters. The van der Waals surface area contributed by atoms with E-state index < -0.39 is 0 Å². The summed E-state index contributed by atoms with van der Waals surface area (Å²) < 4.78 is 0. The minimum atomic E-state index is 0.340. The van der Waals surface area contributed by atoms with E-state index in [9.17, 15) is 0 Å². The van der Waals surface area contributed by atoms with Gasteiger partial charge in [0.05, 0.1) is 0 Å². The number of allylic oxidation sites excluding steroid dienone is 2. The summed E-state index contributed by atoms with van der Waals surface area (Å²) in [5.74, 6) is 4.99. The lowest BCUT2D eigenvalue weighted by Gasteiger charge is -2.30. The molecule has 3 nitrogen and oxygen atoms in total. The molecule has 1 saturated heterocycles. The molecule has 1 aliphatic rings. The van der Waals surface area contributed by atoms with Crippen molar-refractivity contribution in [2.45, 2.75) is 19.8 Å². The molecule has 1 aliphatic heterocycles. The summed E-state index contributed by atoms with van der Waals surface area (Å²) in [5, 5.41) is 6.76. The van der Waals surface area contributed by atoms with Crippen molar-refractivity contribution in [2.75, 3.05) is 13.1 Å². The molecule has 1 heterocycles. The predicted molar refractivity (Wildman–Crippen MR) is 52.0 cm³/mol. The van der Waals surface area contributed by atoms with Crippen LogP contribution in [0.4, 0.5) is 0 Å². The summed E-state index contributed by atoms with van der Waals surface area (Å²) in [4.78, 5) is 0. The van der Waals surface area contributed by atoms with Gasteiger partial charge in [-0.05, 0) is 37.4 Å². The van der Waals surface area contributed by atoms with Crippen LogP contribution in [0.2, 0.25) is 0 Å². The number of nitrogens with two attached hydrogens (primary N) is 1. The van der Waals surface area contributed by atoms with Gasteiger partial charge >= 0.3 is 0 Å². The second-order valence-corrected chi connectivity index (χ2v) is 3.56. The molecule has 0 bridgehead atoms. The van der Waals surface area contributed by atoms with E-state index in [-0.39, 0.29) is 0 Å². The molecule has 0 aliphatic carbocycles. The summed E-state index contributed by atoms with van der Waals surface area (Å²) >= 11 is 0. The predicted octanol–water partition coefficient (Wildman–Crippen LogP) is 0.877. The molecule has 0 radical (unpaired) electrons. The number of hydrogen-bond acceptors (Lipinski definition) is 3. The fraction of sp³-hybridized carbons (Fsp3) is 0.667. The molecule has 3 N–H and O–H groups in total. The van der Waals surface area contributed by atoms with E-state index in [4.69, 9.17) is 5.84 Å². The minimum Gasteiger partial charge on any atom is -0.323 e. The fourth-order valence-electron chi connectivity index (χ4n) is 1.49. The summed E-state index contributed by atoms with van der Waals surface area (Å²) in [6.45, 7) is 4.50. The second-order valence-electron chi connectivity index (χ2n) is 3.56. The Morgan fingerprint density at radius 3 is 2.67 bits per heavy atom. The van der Waals surface area contributed by atoms with Gasteiger partial charge in [-0.15, -0.1) is 0 Å². The second kappa shape index (κ2) is 4.26. The van der Waals surface area contributed by atoms with Crippen LogP contribution in [0.3, 0.4) is 0 Å². The first-order chi connectivity index (χ1) is 5.77. The van der Waals surface area contributed by atoms with Crippen molar-refractivity contribution in [3.63, 3.8) is 0 Å². The third-order valence-electron chi connectivity index (χ3n) is 2.42. The van der Waals surface area contributed by atoms with E-state index in [2.05, 4.69) is 23.4 Å². The first-order valence-electron chi connectivity index (χ1n) is 4.39. The van der Waals surface area contributed by atoms with Gasteiger partial charge in [0.25, 0.3) is 0 Å². The maximum Gasteiger partial charge on any atom is 0.0462 e. The molecule has 0 amide bonds. The Bertz CT molecular complexity index is 178. The van der Waals surface area contributed by atoms with E-state index >= 15 is 0 Å². The van der Waals surface area contributed by atoms with E-state index in [1.54, 1.807) is 6.21 Å². The average Bonchev–Trinajstić information content (AvgIpc) is 2.06. The molecule has 3 heteroatoms. The zero-order valence-corrected chi connectivity index (χ0v) is 7.59. The number of hydrogen-bond donors (Lipinski definition) is 2. The fourth-order valence-corrected chi connectivity index (χ4v) is 1.49. The third-order valence-corrected chi connectivity index (χ3v) is 2.42. The van der Waals surface area contributed by atoms with Crippen LogP contribution in [0.25, 0.3) is 0 Å². The van der Waals surface area contributed by atoms with E-state index in [0.29, 0.717) is 5.41 Å². The standard InChI is InChI=1S/C9H17N3/c1-9(3-2-6-12-10)4-7-11-8-5-9/h2-3,6,11H,4-5,7-8,10H2,1H3/b3-2+,12-6-. The molecule has 0 saturated carbocycles. The largest absolute Gasteiger partial charge is 0.323 e. The van der Waals surface area contributed by atoms with Crippen LogP contribution in [-0.2, 0) is 0 Å². The van der Waals surface area contributed by atoms with Crippen molar-refractivity contribution in [3.8, 4) is 0 Å². The van der Waals surface area contributed by atoms with Crippen molar-refractivity contribution >= 4 is 6.21 Å². The first kappa shape index (κ1) is 9.26. The van der Waals surface area contributed by atoms with Gasteiger partial charge in [0, 0.05) is 6.21 Å². The Balaban J connectivity index is 2.46. The van der Waals surface area contributed by atoms with Crippen molar-refractivity contribution in [1.82, 2.24) is 5.32 Å². The summed E-state index contributed by atoms with van der Waals surface area (Å²) in [5.41, 5.74) is 0.340.